The van der Waals surface area contributed by atoms with Crippen LogP contribution >= 0.6 is 0 Å². The maximum Gasteiger partial charge on any atom is 0.117 e. The van der Waals surface area contributed by atoms with Crippen LogP contribution in [-0.2, 0) is 0 Å². The van der Waals surface area contributed by atoms with Gasteiger partial charge in [-0.2, -0.15) is 0 Å². The predicted molar refractivity (Wildman–Crippen MR) is 65.9 cm³/mol. The van der Waals surface area contributed by atoms with Crippen molar-refractivity contribution in [1.82, 2.24) is 0 Å². The number of phenolic OH excluding ortho intramolecular Hbond substituents is 1. The topological polar surface area (TPSA) is 23.5 Å². The molecule has 1 aromatic rings. The fourth-order valence-corrected chi connectivity index (χ4v) is 2.70. The van der Waals surface area contributed by atoms with Crippen LogP contribution in [0.25, 0.3) is 0 Å². The molecule has 0 heterocycles. The Morgan fingerprint density at radius 2 is 1.62 bits per heavy atom. The van der Waals surface area contributed by atoms with Crippen LogP contribution in [0.5, 0.6) is 5.75 Å². The summed E-state index contributed by atoms with van der Waals surface area (Å²) >= 11 is 0. The predicted octanol–water partition coefficient (Wildman–Crippen LogP) is 3.30. The van der Waals surface area contributed by atoms with Crippen molar-refractivity contribution in [2.24, 2.45) is 0 Å². The number of anilines is 1. The number of phenols is 1. The van der Waals surface area contributed by atoms with Crippen molar-refractivity contribution in [1.29, 1.82) is 0 Å². The SMILES string of the molecule is Oc1cccc(N(C2CCC2)C2CCC2)c1. The van der Waals surface area contributed by atoms with E-state index in [9.17, 15) is 5.11 Å². The molecular weight excluding hydrogens is 198 g/mol. The first kappa shape index (κ1) is 10.0. The van der Waals surface area contributed by atoms with Crippen molar-refractivity contribution in [3.63, 3.8) is 0 Å². The lowest BCUT2D eigenvalue weighted by molar-refractivity contribution is 0.296. The summed E-state index contributed by atoms with van der Waals surface area (Å²) in [5, 5.41) is 9.58. The van der Waals surface area contributed by atoms with Crippen LogP contribution in [-0.4, -0.2) is 17.2 Å². The highest BCUT2D eigenvalue weighted by Crippen LogP contribution is 2.38. The summed E-state index contributed by atoms with van der Waals surface area (Å²) in [6.07, 6.45) is 8.04. The van der Waals surface area contributed by atoms with Crippen LogP contribution in [0.2, 0.25) is 0 Å². The maximum absolute atomic E-state index is 9.58. The van der Waals surface area contributed by atoms with E-state index in [4.69, 9.17) is 0 Å². The van der Waals surface area contributed by atoms with Crippen molar-refractivity contribution < 1.29 is 5.11 Å². The second kappa shape index (κ2) is 4.00. The van der Waals surface area contributed by atoms with Gasteiger partial charge in [0.1, 0.15) is 5.75 Å². The van der Waals surface area contributed by atoms with Gasteiger partial charge >= 0.3 is 0 Å². The first-order valence-corrected chi connectivity index (χ1v) is 6.42. The monoisotopic (exact) mass is 217 g/mol. The molecule has 0 aromatic heterocycles. The van der Waals surface area contributed by atoms with E-state index >= 15 is 0 Å². The summed E-state index contributed by atoms with van der Waals surface area (Å²) in [5.74, 6) is 0.390. The summed E-state index contributed by atoms with van der Waals surface area (Å²) in [5.41, 5.74) is 1.22. The van der Waals surface area contributed by atoms with E-state index in [-0.39, 0.29) is 0 Å². The van der Waals surface area contributed by atoms with Crippen LogP contribution in [0, 0.1) is 0 Å². The lowest BCUT2D eigenvalue weighted by Gasteiger charge is -2.47. The van der Waals surface area contributed by atoms with Crippen LogP contribution in [0.1, 0.15) is 38.5 Å². The number of hydrogen-bond donors (Lipinski definition) is 1. The van der Waals surface area contributed by atoms with Gasteiger partial charge in [0.25, 0.3) is 0 Å². The van der Waals surface area contributed by atoms with Gasteiger partial charge in [0.05, 0.1) is 0 Å². The van der Waals surface area contributed by atoms with E-state index in [1.165, 1.54) is 44.2 Å². The Kier molecular flexibility index (Phi) is 2.50. The second-order valence-electron chi connectivity index (χ2n) is 5.10. The Morgan fingerprint density at radius 3 is 2.06 bits per heavy atom. The summed E-state index contributed by atoms with van der Waals surface area (Å²) < 4.78 is 0. The van der Waals surface area contributed by atoms with Crippen LogP contribution in [0.4, 0.5) is 5.69 Å². The molecule has 2 aliphatic carbocycles. The minimum Gasteiger partial charge on any atom is -0.508 e. The van der Waals surface area contributed by atoms with E-state index in [2.05, 4.69) is 11.0 Å². The molecule has 0 amide bonds. The number of rotatable bonds is 3. The molecule has 2 nitrogen and oxygen atoms in total. The number of aromatic hydroxyl groups is 1. The third kappa shape index (κ3) is 1.66. The summed E-state index contributed by atoms with van der Waals surface area (Å²) in [6, 6.07) is 9.21. The third-order valence-corrected chi connectivity index (χ3v) is 4.06. The molecule has 1 N–H and O–H groups in total. The third-order valence-electron chi connectivity index (χ3n) is 4.06. The molecule has 0 saturated heterocycles. The first-order valence-electron chi connectivity index (χ1n) is 6.42. The van der Waals surface area contributed by atoms with Gasteiger partial charge < -0.3 is 10.0 Å². The maximum atomic E-state index is 9.58. The highest BCUT2D eigenvalue weighted by atomic mass is 16.3. The van der Waals surface area contributed by atoms with Gasteiger partial charge in [-0.3, -0.25) is 0 Å². The molecule has 2 aliphatic rings. The lowest BCUT2D eigenvalue weighted by atomic mass is 9.84. The number of hydrogen-bond acceptors (Lipinski definition) is 2. The summed E-state index contributed by atoms with van der Waals surface area (Å²) in [4.78, 5) is 2.56. The van der Waals surface area contributed by atoms with E-state index < -0.39 is 0 Å². The van der Waals surface area contributed by atoms with Gasteiger partial charge in [0.2, 0.25) is 0 Å². The number of nitrogens with zero attached hydrogens (tertiary/aromatic N) is 1. The fourth-order valence-electron chi connectivity index (χ4n) is 2.70. The molecule has 0 spiro atoms. The van der Waals surface area contributed by atoms with Gasteiger partial charge in [-0.1, -0.05) is 6.07 Å². The van der Waals surface area contributed by atoms with Crippen molar-refractivity contribution in [2.45, 2.75) is 50.6 Å². The largest absolute Gasteiger partial charge is 0.508 e. The van der Waals surface area contributed by atoms with Crippen molar-refractivity contribution in [3.05, 3.63) is 24.3 Å². The zero-order chi connectivity index (χ0) is 11.0. The smallest absolute Gasteiger partial charge is 0.117 e. The standard InChI is InChI=1S/C14H19NO/c16-14-9-3-8-13(10-14)15(11-4-1-5-11)12-6-2-7-12/h3,8-12,16H,1-2,4-7H2. The van der Waals surface area contributed by atoms with Gasteiger partial charge in [-0.05, 0) is 50.7 Å². The highest BCUT2D eigenvalue weighted by molar-refractivity contribution is 5.52. The minimum absolute atomic E-state index is 0.390. The Labute approximate surface area is 96.9 Å². The van der Waals surface area contributed by atoms with E-state index in [0.29, 0.717) is 5.75 Å². The van der Waals surface area contributed by atoms with E-state index in [1.54, 1.807) is 6.07 Å². The molecule has 86 valence electrons. The number of benzene rings is 1. The van der Waals surface area contributed by atoms with Gasteiger partial charge in [-0.15, -0.1) is 0 Å². The Bertz CT molecular complexity index is 355. The van der Waals surface area contributed by atoms with Crippen LogP contribution in [0.3, 0.4) is 0 Å². The Hall–Kier alpha value is -1.18. The average molecular weight is 217 g/mol. The highest BCUT2D eigenvalue weighted by Gasteiger charge is 2.33. The minimum atomic E-state index is 0.390. The molecule has 2 heteroatoms. The lowest BCUT2D eigenvalue weighted by Crippen LogP contribution is -2.49. The van der Waals surface area contributed by atoms with Crippen molar-refractivity contribution >= 4 is 5.69 Å². The molecule has 0 aliphatic heterocycles. The zero-order valence-corrected chi connectivity index (χ0v) is 9.60. The van der Waals surface area contributed by atoms with Gasteiger partial charge in [0, 0.05) is 23.8 Å². The quantitative estimate of drug-likeness (QED) is 0.839. The summed E-state index contributed by atoms with van der Waals surface area (Å²) in [7, 11) is 0. The molecule has 0 radical (unpaired) electrons. The van der Waals surface area contributed by atoms with Crippen LogP contribution in [0.15, 0.2) is 24.3 Å². The molecule has 0 atom stereocenters. The van der Waals surface area contributed by atoms with Crippen molar-refractivity contribution in [2.75, 3.05) is 4.90 Å². The molecule has 1 aromatic carbocycles. The first-order chi connectivity index (χ1) is 7.84. The van der Waals surface area contributed by atoms with Crippen LogP contribution < -0.4 is 4.90 Å². The van der Waals surface area contributed by atoms with Crippen molar-refractivity contribution in [3.8, 4) is 5.75 Å². The fraction of sp³-hybridized carbons (Fsp3) is 0.571. The molecule has 0 unspecified atom stereocenters. The molecular formula is C14H19NO. The van der Waals surface area contributed by atoms with E-state index in [0.717, 1.165) is 12.1 Å². The molecule has 16 heavy (non-hydrogen) atoms. The van der Waals surface area contributed by atoms with Gasteiger partial charge in [-0.25, -0.2) is 0 Å². The average Bonchev–Trinajstić information content (AvgIpc) is 2.11. The Morgan fingerprint density at radius 1 is 1.00 bits per heavy atom. The van der Waals surface area contributed by atoms with Gasteiger partial charge in [0.15, 0.2) is 0 Å². The Balaban J connectivity index is 1.85. The van der Waals surface area contributed by atoms with E-state index in [1.807, 2.05) is 12.1 Å². The normalized spacial score (nSPS) is 21.2. The molecule has 0 bridgehead atoms. The molecule has 2 saturated carbocycles. The molecule has 2 fully saturated rings. The molecule has 3 rings (SSSR count). The second-order valence-corrected chi connectivity index (χ2v) is 5.10. The summed E-state index contributed by atoms with van der Waals surface area (Å²) in [6.45, 7) is 0. The zero-order valence-electron chi connectivity index (χ0n) is 9.60.